The van der Waals surface area contributed by atoms with Gasteiger partial charge in [-0.15, -0.1) is 0 Å². The van der Waals surface area contributed by atoms with E-state index < -0.39 is 0 Å². The minimum Gasteiger partial charge on any atom is -0.273 e. The number of amides is 1. The van der Waals surface area contributed by atoms with Crippen molar-refractivity contribution in [3.8, 4) is 0 Å². The van der Waals surface area contributed by atoms with Crippen molar-refractivity contribution < 1.29 is 4.79 Å². The Labute approximate surface area is 129 Å². The van der Waals surface area contributed by atoms with Crippen molar-refractivity contribution in [1.82, 2.24) is 5.43 Å². The zero-order valence-corrected chi connectivity index (χ0v) is 12.4. The van der Waals surface area contributed by atoms with E-state index in [4.69, 9.17) is 11.6 Å². The number of rotatable bonds is 6. The fourth-order valence-electron chi connectivity index (χ4n) is 1.88. The molecule has 0 fully saturated rings. The van der Waals surface area contributed by atoms with Crippen LogP contribution in [0.3, 0.4) is 0 Å². The summed E-state index contributed by atoms with van der Waals surface area (Å²) in [5, 5.41) is 4.61. The summed E-state index contributed by atoms with van der Waals surface area (Å²) in [7, 11) is 0. The normalized spacial score (nSPS) is 10.7. The predicted molar refractivity (Wildman–Crippen MR) is 86.6 cm³/mol. The van der Waals surface area contributed by atoms with E-state index in [1.165, 1.54) is 5.56 Å². The van der Waals surface area contributed by atoms with E-state index in [0.717, 1.165) is 18.4 Å². The molecule has 0 bridgehead atoms. The van der Waals surface area contributed by atoms with Gasteiger partial charge in [-0.2, -0.15) is 5.10 Å². The van der Waals surface area contributed by atoms with Crippen LogP contribution < -0.4 is 5.43 Å². The molecule has 0 heterocycles. The standard InChI is InChI=1S/C17H17ClN2O/c18-16-11-9-15(10-12-16)13-19-20-17(21)8-4-7-14-5-2-1-3-6-14/h1-3,5-6,9-13H,4,7-8H2,(H,20,21)/b19-13+. The van der Waals surface area contributed by atoms with Crippen LogP contribution >= 0.6 is 11.6 Å². The highest BCUT2D eigenvalue weighted by Gasteiger charge is 2.00. The van der Waals surface area contributed by atoms with Crippen molar-refractivity contribution in [3.05, 3.63) is 70.7 Å². The molecule has 0 atom stereocenters. The van der Waals surface area contributed by atoms with Gasteiger partial charge in [-0.25, -0.2) is 5.43 Å². The van der Waals surface area contributed by atoms with Crippen LogP contribution in [0.25, 0.3) is 0 Å². The van der Waals surface area contributed by atoms with Crippen LogP contribution in [-0.4, -0.2) is 12.1 Å². The van der Waals surface area contributed by atoms with Gasteiger partial charge in [0.2, 0.25) is 5.91 Å². The van der Waals surface area contributed by atoms with Crippen LogP contribution in [0.1, 0.15) is 24.0 Å². The number of aryl methyl sites for hydroxylation is 1. The van der Waals surface area contributed by atoms with Gasteiger partial charge in [-0.1, -0.05) is 54.1 Å². The Hall–Kier alpha value is -2.13. The molecule has 0 aliphatic carbocycles. The lowest BCUT2D eigenvalue weighted by atomic mass is 10.1. The summed E-state index contributed by atoms with van der Waals surface area (Å²) in [5.74, 6) is -0.0730. The molecule has 1 amide bonds. The van der Waals surface area contributed by atoms with Crippen LogP contribution in [0.15, 0.2) is 59.7 Å². The molecule has 0 radical (unpaired) electrons. The Balaban J connectivity index is 1.69. The van der Waals surface area contributed by atoms with Gasteiger partial charge in [0.15, 0.2) is 0 Å². The molecule has 0 unspecified atom stereocenters. The second kappa shape index (κ2) is 8.22. The summed E-state index contributed by atoms with van der Waals surface area (Å²) in [6.07, 6.45) is 3.78. The first-order valence-corrected chi connectivity index (χ1v) is 7.23. The van der Waals surface area contributed by atoms with E-state index in [2.05, 4.69) is 22.7 Å². The molecule has 0 aliphatic heterocycles. The van der Waals surface area contributed by atoms with Crippen LogP contribution in [0.2, 0.25) is 5.02 Å². The van der Waals surface area contributed by atoms with Crippen molar-refractivity contribution >= 4 is 23.7 Å². The van der Waals surface area contributed by atoms with Crippen molar-refractivity contribution in [1.29, 1.82) is 0 Å². The number of carbonyl (C=O) groups excluding carboxylic acids is 1. The van der Waals surface area contributed by atoms with E-state index in [0.29, 0.717) is 11.4 Å². The number of benzene rings is 2. The van der Waals surface area contributed by atoms with E-state index in [9.17, 15) is 4.79 Å². The highest BCUT2D eigenvalue weighted by molar-refractivity contribution is 6.30. The molecule has 0 aromatic heterocycles. The molecule has 0 saturated heterocycles. The van der Waals surface area contributed by atoms with Gasteiger partial charge < -0.3 is 0 Å². The average Bonchev–Trinajstić information content (AvgIpc) is 2.50. The zero-order chi connectivity index (χ0) is 14.9. The third kappa shape index (κ3) is 5.79. The SMILES string of the molecule is O=C(CCCc1ccccc1)N/N=C/c1ccc(Cl)cc1. The fraction of sp³-hybridized carbons (Fsp3) is 0.176. The summed E-state index contributed by atoms with van der Waals surface area (Å²) >= 11 is 5.79. The van der Waals surface area contributed by atoms with E-state index in [1.54, 1.807) is 18.3 Å². The van der Waals surface area contributed by atoms with Gasteiger partial charge in [-0.3, -0.25) is 4.79 Å². The van der Waals surface area contributed by atoms with Crippen LogP contribution in [0.5, 0.6) is 0 Å². The summed E-state index contributed by atoms with van der Waals surface area (Å²) in [6, 6.07) is 17.4. The number of hydrazone groups is 1. The summed E-state index contributed by atoms with van der Waals surface area (Å²) in [4.78, 5) is 11.6. The average molecular weight is 301 g/mol. The molecule has 108 valence electrons. The Morgan fingerprint density at radius 3 is 2.52 bits per heavy atom. The topological polar surface area (TPSA) is 41.5 Å². The quantitative estimate of drug-likeness (QED) is 0.639. The summed E-state index contributed by atoms with van der Waals surface area (Å²) < 4.78 is 0. The van der Waals surface area contributed by atoms with Crippen LogP contribution in [-0.2, 0) is 11.2 Å². The van der Waals surface area contributed by atoms with Crippen molar-refractivity contribution in [2.75, 3.05) is 0 Å². The largest absolute Gasteiger partial charge is 0.273 e. The Morgan fingerprint density at radius 1 is 1.10 bits per heavy atom. The molecule has 0 saturated carbocycles. The van der Waals surface area contributed by atoms with Gasteiger partial charge >= 0.3 is 0 Å². The highest BCUT2D eigenvalue weighted by Crippen LogP contribution is 2.07. The van der Waals surface area contributed by atoms with Gasteiger partial charge in [-0.05, 0) is 36.1 Å². The molecule has 2 aromatic carbocycles. The molecular weight excluding hydrogens is 284 g/mol. The second-order valence-corrected chi connectivity index (χ2v) is 5.12. The number of hydrogen-bond acceptors (Lipinski definition) is 2. The maximum atomic E-state index is 11.6. The zero-order valence-electron chi connectivity index (χ0n) is 11.6. The smallest absolute Gasteiger partial charge is 0.240 e. The molecule has 0 spiro atoms. The molecule has 1 N–H and O–H groups in total. The van der Waals surface area contributed by atoms with Crippen molar-refractivity contribution in [2.24, 2.45) is 5.10 Å². The number of carbonyl (C=O) groups is 1. The first kappa shape index (κ1) is 15.3. The molecule has 0 aliphatic rings. The molecule has 21 heavy (non-hydrogen) atoms. The lowest BCUT2D eigenvalue weighted by Crippen LogP contribution is -2.17. The number of hydrogen-bond donors (Lipinski definition) is 1. The maximum Gasteiger partial charge on any atom is 0.240 e. The van der Waals surface area contributed by atoms with Gasteiger partial charge in [0, 0.05) is 11.4 Å². The highest BCUT2D eigenvalue weighted by atomic mass is 35.5. The number of nitrogens with zero attached hydrogens (tertiary/aromatic N) is 1. The molecule has 3 nitrogen and oxygen atoms in total. The minimum atomic E-state index is -0.0730. The van der Waals surface area contributed by atoms with Gasteiger partial charge in [0.1, 0.15) is 0 Å². The van der Waals surface area contributed by atoms with Crippen LogP contribution in [0, 0.1) is 0 Å². The molecule has 2 rings (SSSR count). The molecule has 2 aromatic rings. The lowest BCUT2D eigenvalue weighted by molar-refractivity contribution is -0.121. The third-order valence-electron chi connectivity index (χ3n) is 2.98. The van der Waals surface area contributed by atoms with Crippen molar-refractivity contribution in [3.63, 3.8) is 0 Å². The number of halogens is 1. The van der Waals surface area contributed by atoms with E-state index in [1.807, 2.05) is 30.3 Å². The maximum absolute atomic E-state index is 11.6. The summed E-state index contributed by atoms with van der Waals surface area (Å²) in [6.45, 7) is 0. The monoisotopic (exact) mass is 300 g/mol. The number of nitrogens with one attached hydrogen (secondary N) is 1. The Morgan fingerprint density at radius 2 is 1.81 bits per heavy atom. The fourth-order valence-corrected chi connectivity index (χ4v) is 2.01. The molecular formula is C17H17ClN2O. The second-order valence-electron chi connectivity index (χ2n) is 4.68. The van der Waals surface area contributed by atoms with Crippen LogP contribution in [0.4, 0.5) is 0 Å². The predicted octanol–water partition coefficient (Wildman–Crippen LogP) is 3.81. The lowest BCUT2D eigenvalue weighted by Gasteiger charge is -2.01. The Kier molecular flexibility index (Phi) is 5.98. The summed E-state index contributed by atoms with van der Waals surface area (Å²) in [5.41, 5.74) is 4.67. The van der Waals surface area contributed by atoms with Gasteiger partial charge in [0.05, 0.1) is 6.21 Å². The van der Waals surface area contributed by atoms with Gasteiger partial charge in [0.25, 0.3) is 0 Å². The first-order valence-electron chi connectivity index (χ1n) is 6.85. The minimum absolute atomic E-state index is 0.0730. The van der Waals surface area contributed by atoms with Crippen molar-refractivity contribution in [2.45, 2.75) is 19.3 Å². The van der Waals surface area contributed by atoms with E-state index in [-0.39, 0.29) is 5.91 Å². The Bertz CT molecular complexity index is 594. The molecule has 4 heteroatoms. The van der Waals surface area contributed by atoms with E-state index >= 15 is 0 Å². The third-order valence-corrected chi connectivity index (χ3v) is 3.24. The first-order chi connectivity index (χ1) is 10.2.